The summed E-state index contributed by atoms with van der Waals surface area (Å²) < 4.78 is 15.0. The lowest BCUT2D eigenvalue weighted by Crippen LogP contribution is -2.34. The second-order valence-corrected chi connectivity index (χ2v) is 9.90. The Hall–Kier alpha value is -2.03. The van der Waals surface area contributed by atoms with Gasteiger partial charge in [0, 0.05) is 25.7 Å². The molecule has 0 unspecified atom stereocenters. The van der Waals surface area contributed by atoms with Crippen LogP contribution in [0, 0.1) is 0 Å². The maximum atomic E-state index is 13.0. The molecule has 1 N–H and O–H groups in total. The van der Waals surface area contributed by atoms with Crippen molar-refractivity contribution in [3.63, 3.8) is 0 Å². The molecule has 1 aliphatic heterocycles. The molecule has 0 spiro atoms. The highest BCUT2D eigenvalue weighted by Crippen LogP contribution is 2.33. The standard InChI is InChI=1S/C22H26BrN3O3S/c1-28-16-9-15(10-17(11-16)29-2)14-26-18-13-21(23)30-20(18)12-19(26)22(27)24-5-8-25-6-3-4-7-25/h9-13H,3-8,14H2,1-2H3,(H,24,27). The number of ether oxygens (including phenoxy) is 2. The molecule has 2 aromatic heterocycles. The summed E-state index contributed by atoms with van der Waals surface area (Å²) in [4.78, 5) is 15.4. The summed E-state index contributed by atoms with van der Waals surface area (Å²) in [5, 5.41) is 3.10. The maximum Gasteiger partial charge on any atom is 0.268 e. The number of hydrogen-bond acceptors (Lipinski definition) is 5. The molecule has 1 saturated heterocycles. The minimum Gasteiger partial charge on any atom is -0.497 e. The van der Waals surface area contributed by atoms with Crippen molar-refractivity contribution >= 4 is 43.4 Å². The summed E-state index contributed by atoms with van der Waals surface area (Å²) in [7, 11) is 3.28. The number of hydrogen-bond donors (Lipinski definition) is 1. The third-order valence-corrected chi connectivity index (χ3v) is 7.03. The van der Waals surface area contributed by atoms with Crippen LogP contribution in [-0.4, -0.2) is 55.8 Å². The molecule has 8 heteroatoms. The zero-order valence-corrected chi connectivity index (χ0v) is 19.6. The molecule has 4 rings (SSSR count). The van der Waals surface area contributed by atoms with E-state index in [-0.39, 0.29) is 5.91 Å². The van der Waals surface area contributed by atoms with Crippen LogP contribution in [0.1, 0.15) is 28.9 Å². The van der Waals surface area contributed by atoms with Gasteiger partial charge >= 0.3 is 0 Å². The smallest absolute Gasteiger partial charge is 0.268 e. The van der Waals surface area contributed by atoms with Crippen molar-refractivity contribution in [3.05, 3.63) is 45.4 Å². The molecule has 1 aliphatic rings. The summed E-state index contributed by atoms with van der Waals surface area (Å²) in [6.07, 6.45) is 2.51. The Bertz CT molecular complexity index is 1020. The van der Waals surface area contributed by atoms with E-state index in [4.69, 9.17) is 9.47 Å². The van der Waals surface area contributed by atoms with Crippen molar-refractivity contribution in [3.8, 4) is 11.5 Å². The van der Waals surface area contributed by atoms with Crippen molar-refractivity contribution in [2.45, 2.75) is 19.4 Å². The molecule has 3 heterocycles. The second-order valence-electron chi connectivity index (χ2n) is 7.44. The number of likely N-dealkylation sites (tertiary alicyclic amines) is 1. The molecule has 0 aliphatic carbocycles. The van der Waals surface area contributed by atoms with Crippen LogP contribution in [0.25, 0.3) is 10.2 Å². The van der Waals surface area contributed by atoms with Crippen LogP contribution in [0.15, 0.2) is 34.1 Å². The lowest BCUT2D eigenvalue weighted by molar-refractivity contribution is 0.0941. The number of aromatic nitrogens is 1. The van der Waals surface area contributed by atoms with Crippen LogP contribution in [0.5, 0.6) is 11.5 Å². The number of thiophene rings is 1. The van der Waals surface area contributed by atoms with E-state index < -0.39 is 0 Å². The monoisotopic (exact) mass is 491 g/mol. The summed E-state index contributed by atoms with van der Waals surface area (Å²) >= 11 is 5.20. The summed E-state index contributed by atoms with van der Waals surface area (Å²) in [5.41, 5.74) is 2.72. The first-order valence-corrected chi connectivity index (χ1v) is 11.7. The number of rotatable bonds is 8. The molecule has 160 valence electrons. The molecule has 30 heavy (non-hydrogen) atoms. The van der Waals surface area contributed by atoms with Crippen LogP contribution in [-0.2, 0) is 6.54 Å². The number of fused-ring (bicyclic) bond motifs is 1. The molecule has 6 nitrogen and oxygen atoms in total. The summed E-state index contributed by atoms with van der Waals surface area (Å²) in [6, 6.07) is 9.85. The van der Waals surface area contributed by atoms with Gasteiger partial charge in [0.2, 0.25) is 0 Å². The Balaban J connectivity index is 1.59. The highest BCUT2D eigenvalue weighted by molar-refractivity contribution is 9.11. The quantitative estimate of drug-likeness (QED) is 0.508. The summed E-state index contributed by atoms with van der Waals surface area (Å²) in [6.45, 7) is 4.38. The second kappa shape index (κ2) is 9.41. The van der Waals surface area contributed by atoms with Gasteiger partial charge < -0.3 is 24.3 Å². The number of carbonyl (C=O) groups is 1. The van der Waals surface area contributed by atoms with E-state index in [1.807, 2.05) is 24.3 Å². The van der Waals surface area contributed by atoms with E-state index in [0.29, 0.717) is 18.8 Å². The third-order valence-electron chi connectivity index (χ3n) is 5.46. The first-order chi connectivity index (χ1) is 14.6. The highest BCUT2D eigenvalue weighted by Gasteiger charge is 2.19. The van der Waals surface area contributed by atoms with Gasteiger partial charge in [0.15, 0.2) is 0 Å². The largest absolute Gasteiger partial charge is 0.497 e. The predicted molar refractivity (Wildman–Crippen MR) is 124 cm³/mol. The van der Waals surface area contributed by atoms with Gasteiger partial charge in [0.1, 0.15) is 17.2 Å². The SMILES string of the molecule is COc1cc(Cn2c(C(=O)NCCN3CCCC3)cc3sc(Br)cc32)cc(OC)c1. The first-order valence-electron chi connectivity index (χ1n) is 10.1. The van der Waals surface area contributed by atoms with Crippen molar-refractivity contribution in [2.75, 3.05) is 40.4 Å². The lowest BCUT2D eigenvalue weighted by atomic mass is 10.2. The van der Waals surface area contributed by atoms with E-state index >= 15 is 0 Å². The number of carbonyl (C=O) groups excluding carboxylic acids is 1. The van der Waals surface area contributed by atoms with Gasteiger partial charge in [-0.2, -0.15) is 0 Å². The number of methoxy groups -OCH3 is 2. The zero-order valence-electron chi connectivity index (χ0n) is 17.2. The Morgan fingerprint density at radius 3 is 2.47 bits per heavy atom. The van der Waals surface area contributed by atoms with Crippen molar-refractivity contribution in [2.24, 2.45) is 0 Å². The van der Waals surface area contributed by atoms with E-state index in [9.17, 15) is 4.79 Å². The predicted octanol–water partition coefficient (Wildman–Crippen LogP) is 4.36. The van der Waals surface area contributed by atoms with Gasteiger partial charge in [0.25, 0.3) is 5.91 Å². The molecule has 0 bridgehead atoms. The molecular weight excluding hydrogens is 466 g/mol. The maximum absolute atomic E-state index is 13.0. The fraction of sp³-hybridized carbons (Fsp3) is 0.409. The highest BCUT2D eigenvalue weighted by atomic mass is 79.9. The van der Waals surface area contributed by atoms with E-state index in [1.54, 1.807) is 25.6 Å². The normalized spacial score (nSPS) is 14.4. The van der Waals surface area contributed by atoms with Gasteiger partial charge in [-0.15, -0.1) is 11.3 Å². The van der Waals surface area contributed by atoms with Crippen LogP contribution < -0.4 is 14.8 Å². The molecule has 1 fully saturated rings. The topological polar surface area (TPSA) is 55.7 Å². The van der Waals surface area contributed by atoms with Gasteiger partial charge in [-0.25, -0.2) is 0 Å². The molecule has 3 aromatic rings. The average Bonchev–Trinajstić information content (AvgIpc) is 3.45. The molecule has 0 radical (unpaired) electrons. The number of nitrogens with zero attached hydrogens (tertiary/aromatic N) is 2. The number of halogens is 1. The molecular formula is C22H26BrN3O3S. The van der Waals surface area contributed by atoms with Crippen molar-refractivity contribution in [1.82, 2.24) is 14.8 Å². The van der Waals surface area contributed by atoms with E-state index in [2.05, 4.69) is 36.8 Å². The molecule has 0 atom stereocenters. The Labute approximate surface area is 188 Å². The Morgan fingerprint density at radius 2 is 1.80 bits per heavy atom. The van der Waals surface area contributed by atoms with E-state index in [1.165, 1.54) is 12.8 Å². The minimum atomic E-state index is -0.0384. The fourth-order valence-electron chi connectivity index (χ4n) is 3.93. The lowest BCUT2D eigenvalue weighted by Gasteiger charge is -2.16. The van der Waals surface area contributed by atoms with Crippen molar-refractivity contribution in [1.29, 1.82) is 0 Å². The van der Waals surface area contributed by atoms with Gasteiger partial charge in [-0.1, -0.05) is 0 Å². The zero-order chi connectivity index (χ0) is 21.1. The third kappa shape index (κ3) is 4.66. The van der Waals surface area contributed by atoms with Crippen molar-refractivity contribution < 1.29 is 14.3 Å². The number of nitrogens with one attached hydrogen (secondary N) is 1. The van der Waals surface area contributed by atoms with Crippen LogP contribution in [0.3, 0.4) is 0 Å². The Kier molecular flexibility index (Phi) is 6.65. The average molecular weight is 492 g/mol. The number of benzene rings is 1. The fourth-order valence-corrected chi connectivity index (χ4v) is 5.50. The van der Waals surface area contributed by atoms with Crippen LogP contribution in [0.4, 0.5) is 0 Å². The number of amides is 1. The molecule has 0 saturated carbocycles. The first kappa shape index (κ1) is 21.2. The van der Waals surface area contributed by atoms with Crippen LogP contribution >= 0.6 is 27.3 Å². The molecule has 1 amide bonds. The summed E-state index contributed by atoms with van der Waals surface area (Å²) in [5.74, 6) is 1.43. The molecule has 1 aromatic carbocycles. The van der Waals surface area contributed by atoms with E-state index in [0.717, 1.165) is 50.7 Å². The Morgan fingerprint density at radius 1 is 1.10 bits per heavy atom. The minimum absolute atomic E-state index is 0.0384. The van der Waals surface area contributed by atoms with Gasteiger partial charge in [-0.3, -0.25) is 4.79 Å². The van der Waals surface area contributed by atoms with Crippen LogP contribution in [0.2, 0.25) is 0 Å². The van der Waals surface area contributed by atoms with Gasteiger partial charge in [0.05, 0.1) is 28.2 Å². The van der Waals surface area contributed by atoms with Gasteiger partial charge in [-0.05, 0) is 71.7 Å².